The summed E-state index contributed by atoms with van der Waals surface area (Å²) >= 11 is 0. The monoisotopic (exact) mass is 428 g/mol. The number of likely N-dealkylation sites (tertiary alicyclic amines) is 1. The summed E-state index contributed by atoms with van der Waals surface area (Å²) in [6.45, 7) is 2.44. The number of aromatic nitrogens is 2. The second-order valence-electron chi connectivity index (χ2n) is 8.24. The van der Waals surface area contributed by atoms with E-state index in [1.807, 2.05) is 65.7 Å². The van der Waals surface area contributed by atoms with Crippen molar-refractivity contribution in [2.45, 2.75) is 32.0 Å². The van der Waals surface area contributed by atoms with Crippen LogP contribution in [-0.2, 0) is 24.3 Å². The standard InChI is InChI=1S/C25H28N6O/c26-11-10-21-17-31(16-20-4-2-1-3-5-20)25(32)24(21)29-15-22-14-28-23(30-22)12-18-6-8-19(13-27)9-7-18/h1-9,14,21,24,29H,10-12,15-17,26H2,(H,28,30)/t21?,24-/m1/s1. The molecule has 1 aliphatic rings. The molecule has 2 heterocycles. The number of carbonyl (C=O) groups is 1. The van der Waals surface area contributed by atoms with Gasteiger partial charge in [0.15, 0.2) is 0 Å². The van der Waals surface area contributed by atoms with Crippen LogP contribution in [0, 0.1) is 17.2 Å². The predicted molar refractivity (Wildman–Crippen MR) is 122 cm³/mol. The highest BCUT2D eigenvalue weighted by Gasteiger charge is 2.39. The smallest absolute Gasteiger partial charge is 0.240 e. The molecule has 0 radical (unpaired) electrons. The fourth-order valence-electron chi connectivity index (χ4n) is 4.24. The highest BCUT2D eigenvalue weighted by atomic mass is 16.2. The molecule has 7 nitrogen and oxygen atoms in total. The molecule has 0 bridgehead atoms. The van der Waals surface area contributed by atoms with Gasteiger partial charge in [0, 0.05) is 43.9 Å². The molecule has 1 fully saturated rings. The summed E-state index contributed by atoms with van der Waals surface area (Å²) in [5.74, 6) is 1.18. The van der Waals surface area contributed by atoms with Crippen molar-refractivity contribution in [3.8, 4) is 6.07 Å². The summed E-state index contributed by atoms with van der Waals surface area (Å²) in [6.07, 6.45) is 3.28. The lowest BCUT2D eigenvalue weighted by molar-refractivity contribution is -0.130. The SMILES string of the molecule is N#Cc1ccc(Cc2ncc(CN[C@H]3C(=O)N(Cc4ccccc4)CC3CCN)[nH]2)cc1. The number of H-pyrrole nitrogens is 1. The summed E-state index contributed by atoms with van der Waals surface area (Å²) in [6, 6.07) is 19.5. The van der Waals surface area contributed by atoms with Crippen LogP contribution in [0.5, 0.6) is 0 Å². The van der Waals surface area contributed by atoms with E-state index < -0.39 is 0 Å². The minimum absolute atomic E-state index is 0.129. The van der Waals surface area contributed by atoms with Gasteiger partial charge in [-0.2, -0.15) is 5.26 Å². The molecule has 2 aromatic carbocycles. The third-order valence-corrected chi connectivity index (χ3v) is 5.91. The van der Waals surface area contributed by atoms with E-state index in [9.17, 15) is 4.79 Å². The van der Waals surface area contributed by atoms with Crippen LogP contribution in [0.2, 0.25) is 0 Å². The van der Waals surface area contributed by atoms with Gasteiger partial charge in [-0.15, -0.1) is 0 Å². The van der Waals surface area contributed by atoms with Crippen LogP contribution in [0.15, 0.2) is 60.8 Å². The molecule has 0 spiro atoms. The molecule has 3 aromatic rings. The summed E-state index contributed by atoms with van der Waals surface area (Å²) in [4.78, 5) is 22.8. The van der Waals surface area contributed by atoms with Gasteiger partial charge in [0.2, 0.25) is 5.91 Å². The lowest BCUT2D eigenvalue weighted by Crippen LogP contribution is -2.40. The predicted octanol–water partition coefficient (Wildman–Crippen LogP) is 2.34. The maximum absolute atomic E-state index is 13.1. The molecule has 1 amide bonds. The Morgan fingerprint density at radius 2 is 1.94 bits per heavy atom. The number of hydrogen-bond acceptors (Lipinski definition) is 5. The first-order valence-corrected chi connectivity index (χ1v) is 10.9. The third kappa shape index (κ3) is 5.22. The molecule has 0 saturated carbocycles. The molecular weight excluding hydrogens is 400 g/mol. The Labute approximate surface area is 188 Å². The zero-order chi connectivity index (χ0) is 22.3. The van der Waals surface area contributed by atoms with Crippen LogP contribution in [0.1, 0.15) is 34.6 Å². The molecular formula is C25H28N6O. The molecule has 164 valence electrons. The highest BCUT2D eigenvalue weighted by molar-refractivity contribution is 5.84. The second kappa shape index (κ2) is 10.2. The van der Waals surface area contributed by atoms with Gasteiger partial charge in [0.25, 0.3) is 0 Å². The largest absolute Gasteiger partial charge is 0.345 e. The lowest BCUT2D eigenvalue weighted by Gasteiger charge is -2.17. The first-order chi connectivity index (χ1) is 15.7. The van der Waals surface area contributed by atoms with Crippen molar-refractivity contribution in [1.82, 2.24) is 20.2 Å². The molecule has 4 rings (SSSR count). The maximum Gasteiger partial charge on any atom is 0.240 e. The van der Waals surface area contributed by atoms with Gasteiger partial charge in [-0.1, -0.05) is 42.5 Å². The highest BCUT2D eigenvalue weighted by Crippen LogP contribution is 2.23. The number of amides is 1. The quantitative estimate of drug-likeness (QED) is 0.484. The van der Waals surface area contributed by atoms with Gasteiger partial charge in [0.05, 0.1) is 17.7 Å². The number of nitrogens with zero attached hydrogens (tertiary/aromatic N) is 3. The average Bonchev–Trinajstić information content (AvgIpc) is 3.38. The van der Waals surface area contributed by atoms with E-state index in [4.69, 9.17) is 11.0 Å². The molecule has 4 N–H and O–H groups in total. The van der Waals surface area contributed by atoms with Crippen molar-refractivity contribution in [3.05, 3.63) is 89.0 Å². The van der Waals surface area contributed by atoms with Gasteiger partial charge in [-0.05, 0) is 36.2 Å². The van der Waals surface area contributed by atoms with E-state index in [0.717, 1.165) is 35.6 Å². The number of carbonyl (C=O) groups excluding carboxylic acids is 1. The molecule has 1 saturated heterocycles. The topological polar surface area (TPSA) is 111 Å². The number of aromatic amines is 1. The van der Waals surface area contributed by atoms with Crippen LogP contribution < -0.4 is 11.1 Å². The van der Waals surface area contributed by atoms with Crippen molar-refractivity contribution in [2.75, 3.05) is 13.1 Å². The number of nitriles is 1. The summed E-state index contributed by atoms with van der Waals surface area (Å²) in [5, 5.41) is 12.4. The summed E-state index contributed by atoms with van der Waals surface area (Å²) < 4.78 is 0. The number of nitrogens with two attached hydrogens (primary N) is 1. The van der Waals surface area contributed by atoms with Crippen LogP contribution in [0.4, 0.5) is 0 Å². The molecule has 32 heavy (non-hydrogen) atoms. The van der Waals surface area contributed by atoms with Crippen LogP contribution in [-0.4, -0.2) is 39.9 Å². The molecule has 7 heteroatoms. The van der Waals surface area contributed by atoms with Gasteiger partial charge < -0.3 is 15.6 Å². The maximum atomic E-state index is 13.1. The molecule has 1 aromatic heterocycles. The van der Waals surface area contributed by atoms with E-state index in [1.54, 1.807) is 0 Å². The van der Waals surface area contributed by atoms with Crippen LogP contribution in [0.25, 0.3) is 0 Å². The Bertz CT molecular complexity index is 1070. The normalized spacial score (nSPS) is 18.1. The van der Waals surface area contributed by atoms with Gasteiger partial charge in [-0.25, -0.2) is 4.98 Å². The van der Waals surface area contributed by atoms with Crippen molar-refractivity contribution < 1.29 is 4.79 Å². The Balaban J connectivity index is 1.36. The van der Waals surface area contributed by atoms with E-state index in [1.165, 1.54) is 0 Å². The van der Waals surface area contributed by atoms with E-state index in [2.05, 4.69) is 21.4 Å². The van der Waals surface area contributed by atoms with Crippen molar-refractivity contribution in [3.63, 3.8) is 0 Å². The summed E-state index contributed by atoms with van der Waals surface area (Å²) in [7, 11) is 0. The van der Waals surface area contributed by atoms with Gasteiger partial charge in [-0.3, -0.25) is 10.1 Å². The van der Waals surface area contributed by atoms with Gasteiger partial charge >= 0.3 is 0 Å². The Kier molecular flexibility index (Phi) is 6.95. The van der Waals surface area contributed by atoms with Crippen molar-refractivity contribution in [1.29, 1.82) is 5.26 Å². The number of imidazole rings is 1. The lowest BCUT2D eigenvalue weighted by atomic mass is 9.99. The first-order valence-electron chi connectivity index (χ1n) is 10.9. The number of hydrogen-bond donors (Lipinski definition) is 3. The minimum atomic E-state index is -0.243. The molecule has 1 aliphatic heterocycles. The zero-order valence-corrected chi connectivity index (χ0v) is 18.0. The number of nitrogens with one attached hydrogen (secondary N) is 2. The zero-order valence-electron chi connectivity index (χ0n) is 18.0. The number of rotatable bonds is 9. The average molecular weight is 429 g/mol. The second-order valence-corrected chi connectivity index (χ2v) is 8.24. The Hall–Kier alpha value is -3.47. The van der Waals surface area contributed by atoms with Crippen LogP contribution >= 0.6 is 0 Å². The molecule has 2 atom stereocenters. The summed E-state index contributed by atoms with van der Waals surface area (Å²) in [5.41, 5.74) is 9.63. The van der Waals surface area contributed by atoms with E-state index in [-0.39, 0.29) is 17.9 Å². The van der Waals surface area contributed by atoms with Crippen molar-refractivity contribution >= 4 is 5.91 Å². The van der Waals surface area contributed by atoms with E-state index in [0.29, 0.717) is 31.6 Å². The fourth-order valence-corrected chi connectivity index (χ4v) is 4.24. The molecule has 1 unspecified atom stereocenters. The minimum Gasteiger partial charge on any atom is -0.345 e. The Morgan fingerprint density at radius 3 is 2.66 bits per heavy atom. The van der Waals surface area contributed by atoms with Crippen molar-refractivity contribution in [2.24, 2.45) is 11.7 Å². The first kappa shape index (κ1) is 21.8. The third-order valence-electron chi connectivity index (χ3n) is 5.91. The van der Waals surface area contributed by atoms with Crippen LogP contribution in [0.3, 0.4) is 0 Å². The van der Waals surface area contributed by atoms with E-state index >= 15 is 0 Å². The fraction of sp³-hybridized carbons (Fsp3) is 0.320. The Morgan fingerprint density at radius 1 is 1.16 bits per heavy atom. The van der Waals surface area contributed by atoms with Gasteiger partial charge in [0.1, 0.15) is 5.82 Å². The molecule has 0 aliphatic carbocycles. The number of benzene rings is 2.